The Labute approximate surface area is 196 Å². The van der Waals surface area contributed by atoms with Crippen molar-refractivity contribution in [3.05, 3.63) is 54.1 Å². The minimum absolute atomic E-state index is 0.0597. The molecule has 7 nitrogen and oxygen atoms in total. The van der Waals surface area contributed by atoms with Gasteiger partial charge in [0.05, 0.1) is 6.04 Å². The van der Waals surface area contributed by atoms with E-state index in [0.717, 1.165) is 56.1 Å². The molecule has 1 unspecified atom stereocenters. The van der Waals surface area contributed by atoms with Crippen molar-refractivity contribution < 1.29 is 14.3 Å². The van der Waals surface area contributed by atoms with Crippen molar-refractivity contribution in [2.45, 2.75) is 44.2 Å². The third-order valence-corrected chi connectivity index (χ3v) is 7.05. The van der Waals surface area contributed by atoms with Crippen LogP contribution in [0.25, 0.3) is 0 Å². The van der Waals surface area contributed by atoms with Crippen LogP contribution in [-0.2, 0) is 0 Å². The quantitative estimate of drug-likeness (QED) is 0.699. The summed E-state index contributed by atoms with van der Waals surface area (Å²) >= 11 is 0. The fourth-order valence-electron chi connectivity index (χ4n) is 5.18. The summed E-state index contributed by atoms with van der Waals surface area (Å²) in [5.74, 6) is 1.57. The first kappa shape index (κ1) is 21.9. The molecule has 2 fully saturated rings. The fourth-order valence-corrected chi connectivity index (χ4v) is 5.18. The zero-order valence-corrected chi connectivity index (χ0v) is 19.2. The number of ether oxygens (including phenoxy) is 2. The predicted octanol–water partition coefficient (Wildman–Crippen LogP) is 3.91. The first-order chi connectivity index (χ1) is 16.3. The Hall–Kier alpha value is -2.93. The molecule has 7 heteroatoms. The molecule has 2 aromatic carbocycles. The van der Waals surface area contributed by atoms with Gasteiger partial charge in [0.25, 0.3) is 0 Å². The van der Waals surface area contributed by atoms with E-state index < -0.39 is 0 Å². The lowest BCUT2D eigenvalue weighted by atomic mass is 9.96. The number of nitrogens with zero attached hydrogens (tertiary/aromatic N) is 2. The van der Waals surface area contributed by atoms with Crippen LogP contribution in [0.3, 0.4) is 0 Å². The van der Waals surface area contributed by atoms with E-state index in [9.17, 15) is 4.79 Å². The molecule has 176 valence electrons. The molecule has 2 heterocycles. The second kappa shape index (κ2) is 10.3. The van der Waals surface area contributed by atoms with E-state index in [1.807, 2.05) is 6.07 Å². The van der Waals surface area contributed by atoms with Gasteiger partial charge in [-0.1, -0.05) is 43.5 Å². The van der Waals surface area contributed by atoms with Crippen molar-refractivity contribution in [3.63, 3.8) is 0 Å². The first-order valence-electron chi connectivity index (χ1n) is 12.2. The number of hydrogen-bond acceptors (Lipinski definition) is 5. The number of carbonyl (C=O) groups is 1. The lowest BCUT2D eigenvalue weighted by molar-refractivity contribution is 0.172. The average Bonchev–Trinajstić information content (AvgIpc) is 3.34. The van der Waals surface area contributed by atoms with Crippen LogP contribution in [-0.4, -0.2) is 56.5 Å². The van der Waals surface area contributed by atoms with Gasteiger partial charge in [-0.25, -0.2) is 4.79 Å². The van der Waals surface area contributed by atoms with Crippen LogP contribution < -0.4 is 25.0 Å². The van der Waals surface area contributed by atoms with E-state index in [1.165, 1.54) is 24.9 Å². The van der Waals surface area contributed by atoms with E-state index in [1.54, 1.807) is 0 Å². The molecule has 3 aliphatic rings. The summed E-state index contributed by atoms with van der Waals surface area (Å²) in [6, 6.07) is 17.0. The summed E-state index contributed by atoms with van der Waals surface area (Å²) < 4.78 is 11.1. The molecule has 5 rings (SSSR count). The largest absolute Gasteiger partial charge is 0.454 e. The van der Waals surface area contributed by atoms with Gasteiger partial charge < -0.3 is 25.0 Å². The standard InChI is InChI=1S/C26H34N4O3/c31-26(28-21-7-3-1-4-8-21)27-18-23(20-11-12-24-25(17-20)33-19-32-24)30-15-13-29(14-16-30)22-9-5-2-6-10-22/h2,5-6,9-12,17,21,23H,1,3-4,7-8,13-16,18-19H2,(H2,27,28,31). The van der Waals surface area contributed by atoms with Crippen LogP contribution in [0.1, 0.15) is 43.7 Å². The molecule has 33 heavy (non-hydrogen) atoms. The van der Waals surface area contributed by atoms with E-state index in [-0.39, 0.29) is 18.9 Å². The maximum Gasteiger partial charge on any atom is 0.315 e. The maximum absolute atomic E-state index is 12.7. The molecule has 1 saturated carbocycles. The molecule has 2 amide bonds. The third-order valence-electron chi connectivity index (χ3n) is 7.05. The highest BCUT2D eigenvalue weighted by Gasteiger charge is 2.27. The van der Waals surface area contributed by atoms with Gasteiger partial charge in [0.1, 0.15) is 0 Å². The van der Waals surface area contributed by atoms with Crippen LogP contribution in [0, 0.1) is 0 Å². The Morgan fingerprint density at radius 1 is 0.939 bits per heavy atom. The third kappa shape index (κ3) is 5.36. The topological polar surface area (TPSA) is 66.1 Å². The minimum atomic E-state index is -0.0597. The van der Waals surface area contributed by atoms with Crippen LogP contribution in [0.2, 0.25) is 0 Å². The van der Waals surface area contributed by atoms with Gasteiger partial charge in [-0.2, -0.15) is 0 Å². The molecule has 2 aromatic rings. The summed E-state index contributed by atoms with van der Waals surface area (Å²) in [7, 11) is 0. The van der Waals surface area contributed by atoms with Crippen molar-refractivity contribution in [3.8, 4) is 11.5 Å². The van der Waals surface area contributed by atoms with Crippen molar-refractivity contribution in [2.75, 3.05) is 44.4 Å². The molecular formula is C26H34N4O3. The number of fused-ring (bicyclic) bond motifs is 1. The highest BCUT2D eigenvalue weighted by atomic mass is 16.7. The summed E-state index contributed by atoms with van der Waals surface area (Å²) in [5.41, 5.74) is 2.41. The zero-order valence-electron chi connectivity index (χ0n) is 19.2. The van der Waals surface area contributed by atoms with E-state index in [0.29, 0.717) is 12.6 Å². The molecule has 0 spiro atoms. The van der Waals surface area contributed by atoms with Crippen molar-refractivity contribution in [1.82, 2.24) is 15.5 Å². The number of para-hydroxylation sites is 1. The summed E-state index contributed by atoms with van der Waals surface area (Å²) in [4.78, 5) is 17.6. The first-order valence-corrected chi connectivity index (χ1v) is 12.2. The Kier molecular flexibility index (Phi) is 6.86. The summed E-state index contributed by atoms with van der Waals surface area (Å²) in [5, 5.41) is 6.34. The highest BCUT2D eigenvalue weighted by Crippen LogP contribution is 2.35. The monoisotopic (exact) mass is 450 g/mol. The molecule has 2 aliphatic heterocycles. The van der Waals surface area contributed by atoms with E-state index >= 15 is 0 Å². The van der Waals surface area contributed by atoms with Crippen molar-refractivity contribution in [2.24, 2.45) is 0 Å². The van der Waals surface area contributed by atoms with Gasteiger partial charge >= 0.3 is 6.03 Å². The van der Waals surface area contributed by atoms with Crippen molar-refractivity contribution >= 4 is 11.7 Å². The van der Waals surface area contributed by atoms with Crippen molar-refractivity contribution in [1.29, 1.82) is 0 Å². The second-order valence-corrected chi connectivity index (χ2v) is 9.18. The Bertz CT molecular complexity index is 924. The molecular weight excluding hydrogens is 416 g/mol. The van der Waals surface area contributed by atoms with Gasteiger partial charge in [0, 0.05) is 44.5 Å². The van der Waals surface area contributed by atoms with Crippen LogP contribution in [0.15, 0.2) is 48.5 Å². The van der Waals surface area contributed by atoms with Gasteiger partial charge in [-0.3, -0.25) is 4.90 Å². The van der Waals surface area contributed by atoms with Gasteiger partial charge in [-0.15, -0.1) is 0 Å². The Morgan fingerprint density at radius 2 is 1.70 bits per heavy atom. The summed E-state index contributed by atoms with van der Waals surface area (Å²) in [6.07, 6.45) is 5.86. The highest BCUT2D eigenvalue weighted by molar-refractivity contribution is 5.74. The normalized spacial score (nSPS) is 19.8. The maximum atomic E-state index is 12.7. The smallest absolute Gasteiger partial charge is 0.315 e. The number of nitrogens with one attached hydrogen (secondary N) is 2. The average molecular weight is 451 g/mol. The molecule has 1 aliphatic carbocycles. The lowest BCUT2D eigenvalue weighted by Crippen LogP contribution is -2.51. The number of carbonyl (C=O) groups excluding carboxylic acids is 1. The Morgan fingerprint density at radius 3 is 2.48 bits per heavy atom. The number of benzene rings is 2. The predicted molar refractivity (Wildman–Crippen MR) is 129 cm³/mol. The van der Waals surface area contributed by atoms with E-state index in [2.05, 4.69) is 62.9 Å². The number of urea groups is 1. The number of rotatable bonds is 6. The summed E-state index contributed by atoms with van der Waals surface area (Å²) in [6.45, 7) is 4.60. The van der Waals surface area contributed by atoms with Crippen LogP contribution in [0.5, 0.6) is 11.5 Å². The lowest BCUT2D eigenvalue weighted by Gasteiger charge is -2.40. The molecule has 0 bridgehead atoms. The van der Waals surface area contributed by atoms with Gasteiger partial charge in [0.15, 0.2) is 11.5 Å². The number of hydrogen-bond donors (Lipinski definition) is 2. The molecule has 1 atom stereocenters. The SMILES string of the molecule is O=C(NCC(c1ccc2c(c1)OCO2)N1CCN(c2ccccc2)CC1)NC1CCCCC1. The minimum Gasteiger partial charge on any atom is -0.454 e. The molecule has 2 N–H and O–H groups in total. The molecule has 1 saturated heterocycles. The van der Waals surface area contributed by atoms with Crippen LogP contribution >= 0.6 is 0 Å². The van der Waals surface area contributed by atoms with Gasteiger partial charge in [0.2, 0.25) is 6.79 Å². The van der Waals surface area contributed by atoms with Crippen LogP contribution in [0.4, 0.5) is 10.5 Å². The number of anilines is 1. The fraction of sp³-hybridized carbons (Fsp3) is 0.500. The van der Waals surface area contributed by atoms with E-state index in [4.69, 9.17) is 9.47 Å². The zero-order chi connectivity index (χ0) is 22.5. The second-order valence-electron chi connectivity index (χ2n) is 9.18. The number of amides is 2. The molecule has 0 radical (unpaired) electrons. The van der Waals surface area contributed by atoms with Gasteiger partial charge in [-0.05, 0) is 42.7 Å². The number of piperazine rings is 1. The Balaban J connectivity index is 1.25. The molecule has 0 aromatic heterocycles.